The summed E-state index contributed by atoms with van der Waals surface area (Å²) in [5, 5.41) is 11.7. The third kappa shape index (κ3) is 3.62. The van der Waals surface area contributed by atoms with E-state index in [2.05, 4.69) is 5.32 Å². The number of carbonyl (C=O) groups excluding carboxylic acids is 1. The minimum Gasteiger partial charge on any atom is -0.481 e. The van der Waals surface area contributed by atoms with Gasteiger partial charge in [-0.05, 0) is 39.5 Å². The molecule has 3 atom stereocenters. The van der Waals surface area contributed by atoms with Gasteiger partial charge in [0.2, 0.25) is 0 Å². The number of carbonyl (C=O) groups is 2. The largest absolute Gasteiger partial charge is 0.481 e. The Morgan fingerprint density at radius 1 is 1.33 bits per heavy atom. The van der Waals surface area contributed by atoms with E-state index in [0.29, 0.717) is 6.42 Å². The average molecular weight is 256 g/mol. The van der Waals surface area contributed by atoms with E-state index < -0.39 is 11.9 Å². The second kappa shape index (κ2) is 6.61. The van der Waals surface area contributed by atoms with Crippen LogP contribution in [0.4, 0.5) is 4.79 Å². The number of hydrogen-bond acceptors (Lipinski definition) is 2. The number of hydrogen-bond donors (Lipinski definition) is 2. The third-order valence-corrected chi connectivity index (χ3v) is 3.77. The van der Waals surface area contributed by atoms with Gasteiger partial charge < -0.3 is 15.3 Å². The first-order valence-corrected chi connectivity index (χ1v) is 6.76. The fraction of sp³-hybridized carbons (Fsp3) is 0.846. The molecule has 0 aromatic rings. The van der Waals surface area contributed by atoms with Crippen molar-refractivity contribution in [2.24, 2.45) is 5.92 Å². The highest BCUT2D eigenvalue weighted by molar-refractivity contribution is 5.76. The smallest absolute Gasteiger partial charge is 0.317 e. The van der Waals surface area contributed by atoms with Gasteiger partial charge in [-0.25, -0.2) is 4.79 Å². The molecule has 0 aliphatic carbocycles. The predicted octanol–water partition coefficient (Wildman–Crippen LogP) is 2.07. The summed E-state index contributed by atoms with van der Waals surface area (Å²) in [6.07, 6.45) is 3.72. The van der Waals surface area contributed by atoms with E-state index in [1.807, 2.05) is 25.7 Å². The Bertz CT molecular complexity index is 297. The van der Waals surface area contributed by atoms with Crippen molar-refractivity contribution in [3.63, 3.8) is 0 Å². The summed E-state index contributed by atoms with van der Waals surface area (Å²) in [4.78, 5) is 24.8. The lowest BCUT2D eigenvalue weighted by Gasteiger charge is -2.39. The molecule has 0 bridgehead atoms. The normalized spacial score (nSPS) is 25.6. The average Bonchev–Trinajstić information content (AvgIpc) is 2.29. The van der Waals surface area contributed by atoms with Gasteiger partial charge >= 0.3 is 12.0 Å². The zero-order valence-corrected chi connectivity index (χ0v) is 11.5. The minimum atomic E-state index is -0.849. The van der Waals surface area contributed by atoms with E-state index >= 15 is 0 Å². The van der Waals surface area contributed by atoms with Gasteiger partial charge in [0, 0.05) is 18.6 Å². The maximum Gasteiger partial charge on any atom is 0.317 e. The lowest BCUT2D eigenvalue weighted by molar-refractivity contribution is -0.141. The monoisotopic (exact) mass is 256 g/mol. The van der Waals surface area contributed by atoms with Crippen LogP contribution >= 0.6 is 0 Å². The molecule has 1 aliphatic rings. The van der Waals surface area contributed by atoms with Crippen LogP contribution in [0.15, 0.2) is 0 Å². The van der Waals surface area contributed by atoms with Gasteiger partial charge in [0.05, 0.1) is 5.92 Å². The number of nitrogens with zero attached hydrogens (tertiary/aromatic N) is 1. The first-order chi connectivity index (χ1) is 8.47. The first kappa shape index (κ1) is 14.8. The van der Waals surface area contributed by atoms with Crippen LogP contribution in [0.2, 0.25) is 0 Å². The topological polar surface area (TPSA) is 69.6 Å². The van der Waals surface area contributed by atoms with Crippen molar-refractivity contribution in [3.05, 3.63) is 0 Å². The maximum absolute atomic E-state index is 12.1. The van der Waals surface area contributed by atoms with E-state index in [1.165, 1.54) is 0 Å². The van der Waals surface area contributed by atoms with Gasteiger partial charge in [-0.1, -0.05) is 6.92 Å². The van der Waals surface area contributed by atoms with Crippen molar-refractivity contribution >= 4 is 12.0 Å². The highest BCUT2D eigenvalue weighted by Crippen LogP contribution is 2.22. The molecular weight excluding hydrogens is 232 g/mol. The van der Waals surface area contributed by atoms with Gasteiger partial charge in [-0.2, -0.15) is 0 Å². The Balaban J connectivity index is 2.51. The Morgan fingerprint density at radius 3 is 2.33 bits per heavy atom. The van der Waals surface area contributed by atoms with Gasteiger partial charge in [-0.15, -0.1) is 0 Å². The third-order valence-electron chi connectivity index (χ3n) is 3.77. The Hall–Kier alpha value is -1.26. The van der Waals surface area contributed by atoms with Gasteiger partial charge in [0.1, 0.15) is 0 Å². The van der Waals surface area contributed by atoms with Crippen molar-refractivity contribution in [1.29, 1.82) is 0 Å². The SMILES string of the molecule is CCC(CNC(=O)N1C(C)CCCC1C)C(=O)O. The van der Waals surface area contributed by atoms with Crippen molar-refractivity contribution < 1.29 is 14.7 Å². The zero-order valence-electron chi connectivity index (χ0n) is 11.5. The number of piperidine rings is 1. The minimum absolute atomic E-state index is 0.130. The molecule has 2 N–H and O–H groups in total. The lowest BCUT2D eigenvalue weighted by atomic mass is 9.98. The van der Waals surface area contributed by atoms with Crippen LogP contribution in [0.3, 0.4) is 0 Å². The molecule has 18 heavy (non-hydrogen) atoms. The molecule has 3 unspecified atom stereocenters. The van der Waals surface area contributed by atoms with E-state index in [4.69, 9.17) is 5.11 Å². The molecule has 1 rings (SSSR count). The molecule has 0 aromatic heterocycles. The van der Waals surface area contributed by atoms with Gasteiger partial charge in [0.15, 0.2) is 0 Å². The number of nitrogens with one attached hydrogen (secondary N) is 1. The molecule has 1 aliphatic heterocycles. The molecule has 5 heteroatoms. The quantitative estimate of drug-likeness (QED) is 0.809. The van der Waals surface area contributed by atoms with Crippen molar-refractivity contribution in [2.75, 3.05) is 6.54 Å². The number of likely N-dealkylation sites (tertiary alicyclic amines) is 1. The zero-order chi connectivity index (χ0) is 13.7. The first-order valence-electron chi connectivity index (χ1n) is 6.76. The van der Waals surface area contributed by atoms with Crippen LogP contribution in [0.25, 0.3) is 0 Å². The molecule has 1 fully saturated rings. The van der Waals surface area contributed by atoms with Crippen LogP contribution in [-0.2, 0) is 4.79 Å². The lowest BCUT2D eigenvalue weighted by Crippen LogP contribution is -2.52. The molecular formula is C13H24N2O3. The fourth-order valence-electron chi connectivity index (χ4n) is 2.53. The van der Waals surface area contributed by atoms with E-state index in [-0.39, 0.29) is 24.7 Å². The van der Waals surface area contributed by atoms with Crippen molar-refractivity contribution in [2.45, 2.75) is 58.5 Å². The van der Waals surface area contributed by atoms with Crippen molar-refractivity contribution in [1.82, 2.24) is 10.2 Å². The number of amides is 2. The summed E-state index contributed by atoms with van der Waals surface area (Å²) in [7, 11) is 0. The summed E-state index contributed by atoms with van der Waals surface area (Å²) in [5.74, 6) is -1.35. The predicted molar refractivity (Wildman–Crippen MR) is 69.4 cm³/mol. The maximum atomic E-state index is 12.1. The number of aliphatic carboxylic acids is 1. The molecule has 1 saturated heterocycles. The van der Waals surface area contributed by atoms with E-state index in [1.54, 1.807) is 0 Å². The number of rotatable bonds is 4. The summed E-state index contributed by atoms with van der Waals surface area (Å²) in [5.41, 5.74) is 0. The number of urea groups is 1. The Kier molecular flexibility index (Phi) is 5.44. The second-order valence-electron chi connectivity index (χ2n) is 5.17. The van der Waals surface area contributed by atoms with Crippen molar-refractivity contribution in [3.8, 4) is 0 Å². The molecule has 0 aromatic carbocycles. The summed E-state index contributed by atoms with van der Waals surface area (Å²) < 4.78 is 0. The van der Waals surface area contributed by atoms with Crippen LogP contribution in [-0.4, -0.2) is 40.6 Å². The van der Waals surface area contributed by atoms with Crippen LogP contribution in [0, 0.1) is 5.92 Å². The molecule has 0 spiro atoms. The van der Waals surface area contributed by atoms with Gasteiger partial charge in [0.25, 0.3) is 0 Å². The second-order valence-corrected chi connectivity index (χ2v) is 5.17. The molecule has 1 heterocycles. The molecule has 5 nitrogen and oxygen atoms in total. The highest BCUT2D eigenvalue weighted by Gasteiger charge is 2.29. The van der Waals surface area contributed by atoms with Crippen LogP contribution < -0.4 is 5.32 Å². The summed E-state index contributed by atoms with van der Waals surface area (Å²) >= 11 is 0. The molecule has 2 amide bonds. The standard InChI is InChI=1S/C13H24N2O3/c1-4-11(12(16)17)8-14-13(18)15-9(2)6-5-7-10(15)3/h9-11H,4-8H2,1-3H3,(H,14,18)(H,16,17). The molecule has 0 saturated carbocycles. The Labute approximate surface area is 109 Å². The summed E-state index contributed by atoms with van der Waals surface area (Å²) in [6.45, 7) is 6.12. The van der Waals surface area contributed by atoms with Gasteiger partial charge in [-0.3, -0.25) is 4.79 Å². The Morgan fingerprint density at radius 2 is 1.89 bits per heavy atom. The van der Waals surface area contributed by atoms with E-state index in [9.17, 15) is 9.59 Å². The van der Waals surface area contributed by atoms with Crippen LogP contribution in [0.1, 0.15) is 46.5 Å². The summed E-state index contributed by atoms with van der Waals surface area (Å²) in [6, 6.07) is 0.340. The van der Waals surface area contributed by atoms with E-state index in [0.717, 1.165) is 19.3 Å². The fourth-order valence-corrected chi connectivity index (χ4v) is 2.53. The van der Waals surface area contributed by atoms with Crippen LogP contribution in [0.5, 0.6) is 0 Å². The highest BCUT2D eigenvalue weighted by atomic mass is 16.4. The number of carboxylic acid groups (broad SMARTS) is 1. The number of carboxylic acids is 1. The molecule has 104 valence electrons. The molecule has 0 radical (unpaired) electrons.